The highest BCUT2D eigenvalue weighted by Crippen LogP contribution is 2.36. The molecule has 22 heavy (non-hydrogen) atoms. The van der Waals surface area contributed by atoms with Crippen LogP contribution in [0.15, 0.2) is 36.5 Å². The molecule has 1 aliphatic rings. The summed E-state index contributed by atoms with van der Waals surface area (Å²) < 4.78 is 0. The number of benzene rings is 1. The van der Waals surface area contributed by atoms with E-state index in [2.05, 4.69) is 59.9 Å². The minimum absolute atomic E-state index is 0.397. The molecule has 3 rings (SSSR count). The van der Waals surface area contributed by atoms with Gasteiger partial charge in [0.1, 0.15) is 5.82 Å². The van der Waals surface area contributed by atoms with Crippen LogP contribution in [0.25, 0.3) is 0 Å². The molecule has 4 heteroatoms. The lowest BCUT2D eigenvalue weighted by atomic mass is 10.1. The number of fused-ring (bicyclic) bond motifs is 1. The molecule has 2 heterocycles. The molecule has 116 valence electrons. The van der Waals surface area contributed by atoms with Crippen molar-refractivity contribution < 1.29 is 0 Å². The molecule has 1 atom stereocenters. The van der Waals surface area contributed by atoms with E-state index in [-0.39, 0.29) is 0 Å². The molecular weight excluding hydrogens is 272 g/mol. The van der Waals surface area contributed by atoms with Gasteiger partial charge in [-0.2, -0.15) is 4.98 Å². The molecule has 2 aromatic rings. The SMILES string of the molecule is CCCCN(C)c1ccnc(N2c3ccccc3CC2C)n1. The first-order valence-electron chi connectivity index (χ1n) is 8.12. The molecule has 1 unspecified atom stereocenters. The second-order valence-electron chi connectivity index (χ2n) is 6.04. The highest BCUT2D eigenvalue weighted by Gasteiger charge is 2.28. The van der Waals surface area contributed by atoms with Gasteiger partial charge in [-0.15, -0.1) is 0 Å². The molecule has 1 aromatic heterocycles. The number of nitrogens with zero attached hydrogens (tertiary/aromatic N) is 4. The summed E-state index contributed by atoms with van der Waals surface area (Å²) >= 11 is 0. The molecule has 0 N–H and O–H groups in total. The Kier molecular flexibility index (Phi) is 4.27. The molecule has 0 saturated carbocycles. The lowest BCUT2D eigenvalue weighted by Crippen LogP contribution is -2.27. The quantitative estimate of drug-likeness (QED) is 0.840. The van der Waals surface area contributed by atoms with Crippen molar-refractivity contribution in [1.29, 1.82) is 0 Å². The summed E-state index contributed by atoms with van der Waals surface area (Å²) in [6, 6.07) is 10.9. The summed E-state index contributed by atoms with van der Waals surface area (Å²) in [6.45, 7) is 5.47. The standard InChI is InChI=1S/C18H24N4/c1-4-5-12-21(3)17-10-11-19-18(20-17)22-14(2)13-15-8-6-7-9-16(15)22/h6-11,14H,4-5,12-13H2,1-3H3. The molecule has 0 fully saturated rings. The van der Waals surface area contributed by atoms with Crippen LogP contribution in [0.1, 0.15) is 32.3 Å². The Bertz CT molecular complexity index is 640. The molecule has 0 amide bonds. The van der Waals surface area contributed by atoms with E-state index in [9.17, 15) is 0 Å². The average molecular weight is 296 g/mol. The van der Waals surface area contributed by atoms with Gasteiger partial charge in [-0.3, -0.25) is 0 Å². The van der Waals surface area contributed by atoms with Gasteiger partial charge in [0, 0.05) is 31.5 Å². The zero-order valence-electron chi connectivity index (χ0n) is 13.7. The van der Waals surface area contributed by atoms with E-state index in [1.54, 1.807) is 0 Å². The van der Waals surface area contributed by atoms with Crippen molar-refractivity contribution in [3.05, 3.63) is 42.1 Å². The third-order valence-electron chi connectivity index (χ3n) is 4.29. The maximum Gasteiger partial charge on any atom is 0.232 e. The Morgan fingerprint density at radius 3 is 2.91 bits per heavy atom. The third kappa shape index (κ3) is 2.78. The van der Waals surface area contributed by atoms with Gasteiger partial charge in [0.25, 0.3) is 0 Å². The van der Waals surface area contributed by atoms with Gasteiger partial charge in [0.05, 0.1) is 0 Å². The van der Waals surface area contributed by atoms with Gasteiger partial charge in [-0.25, -0.2) is 4.98 Å². The highest BCUT2D eigenvalue weighted by atomic mass is 15.3. The van der Waals surface area contributed by atoms with E-state index in [0.717, 1.165) is 24.7 Å². The molecule has 4 nitrogen and oxygen atoms in total. The maximum absolute atomic E-state index is 4.80. The Hall–Kier alpha value is -2.10. The normalized spacial score (nSPS) is 16.7. The molecule has 0 radical (unpaired) electrons. The average Bonchev–Trinajstić information content (AvgIpc) is 2.88. The molecule has 1 aliphatic heterocycles. The molecule has 0 spiro atoms. The van der Waals surface area contributed by atoms with Gasteiger partial charge < -0.3 is 9.80 Å². The summed E-state index contributed by atoms with van der Waals surface area (Å²) in [5, 5.41) is 0. The van der Waals surface area contributed by atoms with Crippen LogP contribution in [0.4, 0.5) is 17.5 Å². The number of para-hydroxylation sites is 1. The summed E-state index contributed by atoms with van der Waals surface area (Å²) in [7, 11) is 2.10. The van der Waals surface area contributed by atoms with Crippen molar-refractivity contribution in [3.8, 4) is 0 Å². The van der Waals surface area contributed by atoms with E-state index < -0.39 is 0 Å². The van der Waals surface area contributed by atoms with E-state index in [4.69, 9.17) is 4.98 Å². The fourth-order valence-electron chi connectivity index (χ4n) is 3.05. The van der Waals surface area contributed by atoms with Crippen molar-refractivity contribution in [3.63, 3.8) is 0 Å². The maximum atomic E-state index is 4.80. The Labute approximate surface area is 132 Å². The zero-order valence-corrected chi connectivity index (χ0v) is 13.7. The van der Waals surface area contributed by atoms with Crippen molar-refractivity contribution in [2.75, 3.05) is 23.4 Å². The van der Waals surface area contributed by atoms with Crippen LogP contribution in [-0.4, -0.2) is 29.6 Å². The fraction of sp³-hybridized carbons (Fsp3) is 0.444. The summed E-state index contributed by atoms with van der Waals surface area (Å²) in [4.78, 5) is 13.8. The van der Waals surface area contributed by atoms with E-state index in [0.29, 0.717) is 6.04 Å². The molecular formula is C18H24N4. The molecule has 1 aromatic carbocycles. The van der Waals surface area contributed by atoms with Gasteiger partial charge in [0.2, 0.25) is 5.95 Å². The summed E-state index contributed by atoms with van der Waals surface area (Å²) in [5.74, 6) is 1.80. The first-order chi connectivity index (χ1) is 10.7. The van der Waals surface area contributed by atoms with Gasteiger partial charge in [0.15, 0.2) is 0 Å². The number of unbranched alkanes of at least 4 members (excludes halogenated alkanes) is 1. The predicted molar refractivity (Wildman–Crippen MR) is 92.0 cm³/mol. The second-order valence-corrected chi connectivity index (χ2v) is 6.04. The van der Waals surface area contributed by atoms with E-state index >= 15 is 0 Å². The van der Waals surface area contributed by atoms with Crippen LogP contribution in [0.3, 0.4) is 0 Å². The van der Waals surface area contributed by atoms with Gasteiger partial charge >= 0.3 is 0 Å². The Morgan fingerprint density at radius 2 is 2.09 bits per heavy atom. The first kappa shape index (κ1) is 14.8. The number of aromatic nitrogens is 2. The lowest BCUT2D eigenvalue weighted by molar-refractivity contribution is 0.731. The van der Waals surface area contributed by atoms with E-state index in [1.807, 2.05) is 12.3 Å². The zero-order chi connectivity index (χ0) is 15.5. The van der Waals surface area contributed by atoms with Crippen LogP contribution in [0.5, 0.6) is 0 Å². The first-order valence-corrected chi connectivity index (χ1v) is 8.12. The van der Waals surface area contributed by atoms with Gasteiger partial charge in [-0.05, 0) is 37.5 Å². The second kappa shape index (κ2) is 6.34. The minimum atomic E-state index is 0.397. The number of hydrogen-bond donors (Lipinski definition) is 0. The Morgan fingerprint density at radius 1 is 1.27 bits per heavy atom. The monoisotopic (exact) mass is 296 g/mol. The van der Waals surface area contributed by atoms with Crippen LogP contribution in [0, 0.1) is 0 Å². The van der Waals surface area contributed by atoms with Crippen LogP contribution in [0.2, 0.25) is 0 Å². The van der Waals surface area contributed by atoms with Crippen molar-refractivity contribution in [1.82, 2.24) is 9.97 Å². The van der Waals surface area contributed by atoms with Crippen molar-refractivity contribution >= 4 is 17.5 Å². The van der Waals surface area contributed by atoms with Crippen molar-refractivity contribution in [2.24, 2.45) is 0 Å². The van der Waals surface area contributed by atoms with Crippen LogP contribution in [-0.2, 0) is 6.42 Å². The molecule has 0 aliphatic carbocycles. The van der Waals surface area contributed by atoms with Crippen LogP contribution >= 0.6 is 0 Å². The minimum Gasteiger partial charge on any atom is -0.360 e. The number of rotatable bonds is 5. The topological polar surface area (TPSA) is 32.3 Å². The summed E-state index contributed by atoms with van der Waals surface area (Å²) in [6.07, 6.45) is 5.29. The largest absolute Gasteiger partial charge is 0.360 e. The Balaban J connectivity index is 1.89. The fourth-order valence-corrected chi connectivity index (χ4v) is 3.05. The predicted octanol–water partition coefficient (Wildman–Crippen LogP) is 3.80. The third-order valence-corrected chi connectivity index (χ3v) is 4.29. The van der Waals surface area contributed by atoms with Crippen LogP contribution < -0.4 is 9.80 Å². The number of hydrogen-bond acceptors (Lipinski definition) is 4. The summed E-state index contributed by atoms with van der Waals surface area (Å²) in [5.41, 5.74) is 2.62. The van der Waals surface area contributed by atoms with Gasteiger partial charge in [-0.1, -0.05) is 31.5 Å². The van der Waals surface area contributed by atoms with E-state index in [1.165, 1.54) is 24.1 Å². The number of anilines is 3. The van der Waals surface area contributed by atoms with Crippen molar-refractivity contribution in [2.45, 2.75) is 39.2 Å². The molecule has 0 bridgehead atoms. The lowest BCUT2D eigenvalue weighted by Gasteiger charge is -2.24. The molecule has 0 saturated heterocycles. The highest BCUT2D eigenvalue weighted by molar-refractivity contribution is 5.67. The smallest absolute Gasteiger partial charge is 0.232 e.